The Balaban J connectivity index is 1.70. The normalized spacial score (nSPS) is 31.5. The van der Waals surface area contributed by atoms with Crippen molar-refractivity contribution in [2.24, 2.45) is 16.6 Å². The van der Waals surface area contributed by atoms with Gasteiger partial charge in [0.1, 0.15) is 29.3 Å². The first-order chi connectivity index (χ1) is 13.0. The Bertz CT molecular complexity index is 950. The van der Waals surface area contributed by atoms with E-state index in [1.54, 1.807) is 6.20 Å². The SMILES string of the molecule is C[C@]12CCOCC1C1(COC(N)=N1)c1cc(-c3cncc(F)c3)ccc1O2. The Morgan fingerprint density at radius 1 is 1.22 bits per heavy atom. The van der Waals surface area contributed by atoms with Crippen LogP contribution in [0.5, 0.6) is 5.75 Å². The summed E-state index contributed by atoms with van der Waals surface area (Å²) in [5, 5.41) is 0. The average molecular weight is 369 g/mol. The highest BCUT2D eigenvalue weighted by molar-refractivity contribution is 5.75. The van der Waals surface area contributed by atoms with Gasteiger partial charge in [-0.3, -0.25) is 4.98 Å². The third-order valence-corrected chi connectivity index (χ3v) is 5.92. The van der Waals surface area contributed by atoms with Gasteiger partial charge < -0.3 is 19.9 Å². The third-order valence-electron chi connectivity index (χ3n) is 5.92. The largest absolute Gasteiger partial charge is 0.487 e. The van der Waals surface area contributed by atoms with Gasteiger partial charge in [0, 0.05) is 23.7 Å². The van der Waals surface area contributed by atoms with Gasteiger partial charge in [0.2, 0.25) is 0 Å². The van der Waals surface area contributed by atoms with Crippen LogP contribution < -0.4 is 10.5 Å². The van der Waals surface area contributed by atoms with E-state index in [0.717, 1.165) is 23.3 Å². The molecular formula is C20H20FN3O3. The molecule has 0 radical (unpaired) electrons. The monoisotopic (exact) mass is 369 g/mol. The van der Waals surface area contributed by atoms with Crippen LogP contribution >= 0.6 is 0 Å². The Labute approximate surface area is 156 Å². The van der Waals surface area contributed by atoms with E-state index in [-0.39, 0.29) is 17.8 Å². The number of fused-ring (bicyclic) bond motifs is 4. The van der Waals surface area contributed by atoms with Crippen LogP contribution in [-0.4, -0.2) is 36.4 Å². The molecule has 3 aliphatic rings. The van der Waals surface area contributed by atoms with E-state index < -0.39 is 11.1 Å². The topological polar surface area (TPSA) is 79.0 Å². The lowest BCUT2D eigenvalue weighted by molar-refractivity contribution is -0.129. The molecule has 2 unspecified atom stereocenters. The highest BCUT2D eigenvalue weighted by atomic mass is 19.1. The van der Waals surface area contributed by atoms with Crippen molar-refractivity contribution in [3.63, 3.8) is 0 Å². The van der Waals surface area contributed by atoms with Gasteiger partial charge in [-0.2, -0.15) is 0 Å². The third kappa shape index (κ3) is 2.41. The van der Waals surface area contributed by atoms with Crippen molar-refractivity contribution in [3.8, 4) is 16.9 Å². The zero-order valence-electron chi connectivity index (χ0n) is 14.9. The van der Waals surface area contributed by atoms with Crippen LogP contribution in [0.25, 0.3) is 11.1 Å². The first-order valence-electron chi connectivity index (χ1n) is 9.01. The molecule has 1 fully saturated rings. The fraction of sp³-hybridized carbons (Fsp3) is 0.400. The second kappa shape index (κ2) is 5.66. The molecule has 4 heterocycles. The minimum atomic E-state index is -0.677. The van der Waals surface area contributed by atoms with Gasteiger partial charge in [0.25, 0.3) is 6.02 Å². The summed E-state index contributed by atoms with van der Waals surface area (Å²) >= 11 is 0. The van der Waals surface area contributed by atoms with Crippen LogP contribution in [0.4, 0.5) is 4.39 Å². The maximum absolute atomic E-state index is 13.6. The quantitative estimate of drug-likeness (QED) is 0.836. The van der Waals surface area contributed by atoms with Crippen molar-refractivity contribution >= 4 is 6.02 Å². The minimum absolute atomic E-state index is 0.0341. The van der Waals surface area contributed by atoms with Gasteiger partial charge in [0.05, 0.1) is 25.3 Å². The molecule has 0 amide bonds. The number of halogens is 1. The maximum Gasteiger partial charge on any atom is 0.283 e. The van der Waals surface area contributed by atoms with Crippen LogP contribution in [0.1, 0.15) is 18.9 Å². The lowest BCUT2D eigenvalue weighted by Gasteiger charge is -2.52. The second-order valence-corrected chi connectivity index (χ2v) is 7.56. The van der Waals surface area contributed by atoms with Crippen LogP contribution in [0.15, 0.2) is 41.7 Å². The number of amidine groups is 1. The lowest BCUT2D eigenvalue weighted by atomic mass is 9.66. The molecule has 7 heteroatoms. The Hall–Kier alpha value is -2.67. The van der Waals surface area contributed by atoms with Crippen molar-refractivity contribution in [1.82, 2.24) is 4.98 Å². The number of aromatic nitrogens is 1. The number of hydrogen-bond acceptors (Lipinski definition) is 6. The predicted octanol–water partition coefficient (Wildman–Crippen LogP) is 2.62. The summed E-state index contributed by atoms with van der Waals surface area (Å²) in [5.41, 5.74) is 7.25. The van der Waals surface area contributed by atoms with Crippen molar-refractivity contribution in [2.45, 2.75) is 24.5 Å². The fourth-order valence-electron chi connectivity index (χ4n) is 4.50. The number of nitrogens with two attached hydrogens (primary N) is 1. The molecule has 27 heavy (non-hydrogen) atoms. The molecule has 6 nitrogen and oxygen atoms in total. The van der Waals surface area contributed by atoms with Crippen LogP contribution in [0, 0.1) is 11.7 Å². The number of rotatable bonds is 1. The molecule has 140 valence electrons. The lowest BCUT2D eigenvalue weighted by Crippen LogP contribution is -2.59. The maximum atomic E-state index is 13.6. The Morgan fingerprint density at radius 2 is 2.11 bits per heavy atom. The first kappa shape index (κ1) is 16.5. The second-order valence-electron chi connectivity index (χ2n) is 7.56. The standard InChI is InChI=1S/C20H20FN3O3/c1-19-4-5-25-10-17(19)20(11-26-18(22)24-20)15-7-12(2-3-16(15)27-19)13-6-14(21)9-23-8-13/h2-3,6-9,17H,4-5,10-11H2,1H3,(H2,22,24)/t17?,19-,20?/m0/s1. The molecule has 5 rings (SSSR count). The number of aliphatic imine (C=N–C) groups is 1. The van der Waals surface area contributed by atoms with E-state index >= 15 is 0 Å². The number of benzene rings is 1. The van der Waals surface area contributed by atoms with Crippen LogP contribution in [0.2, 0.25) is 0 Å². The van der Waals surface area contributed by atoms with E-state index in [1.165, 1.54) is 12.3 Å². The molecule has 1 aromatic carbocycles. The van der Waals surface area contributed by atoms with Crippen molar-refractivity contribution in [2.75, 3.05) is 19.8 Å². The van der Waals surface area contributed by atoms with E-state index in [4.69, 9.17) is 24.9 Å². The van der Waals surface area contributed by atoms with E-state index in [2.05, 4.69) is 11.9 Å². The van der Waals surface area contributed by atoms with E-state index in [9.17, 15) is 4.39 Å². The molecule has 2 aromatic rings. The molecular weight excluding hydrogens is 349 g/mol. The predicted molar refractivity (Wildman–Crippen MR) is 96.8 cm³/mol. The Kier molecular flexibility index (Phi) is 3.46. The van der Waals surface area contributed by atoms with Gasteiger partial charge in [-0.05, 0) is 30.7 Å². The first-order valence-corrected chi connectivity index (χ1v) is 9.01. The fourth-order valence-corrected chi connectivity index (χ4v) is 4.50. The van der Waals surface area contributed by atoms with Gasteiger partial charge in [-0.15, -0.1) is 0 Å². The summed E-state index contributed by atoms with van der Waals surface area (Å²) in [6.07, 6.45) is 3.59. The Morgan fingerprint density at radius 3 is 2.89 bits per heavy atom. The van der Waals surface area contributed by atoms with Crippen LogP contribution in [0.3, 0.4) is 0 Å². The van der Waals surface area contributed by atoms with Gasteiger partial charge in [-0.25, -0.2) is 9.38 Å². The summed E-state index contributed by atoms with van der Waals surface area (Å²) in [5.74, 6) is 0.343. The summed E-state index contributed by atoms with van der Waals surface area (Å²) in [4.78, 5) is 8.68. The van der Waals surface area contributed by atoms with Gasteiger partial charge >= 0.3 is 0 Å². The molecule has 0 saturated carbocycles. The summed E-state index contributed by atoms with van der Waals surface area (Å²) in [7, 11) is 0. The van der Waals surface area contributed by atoms with E-state index in [1.807, 2.05) is 18.2 Å². The molecule has 2 N–H and O–H groups in total. The highest BCUT2D eigenvalue weighted by Gasteiger charge is 2.59. The summed E-state index contributed by atoms with van der Waals surface area (Å²) < 4.78 is 31.4. The van der Waals surface area contributed by atoms with Crippen LogP contribution in [-0.2, 0) is 15.0 Å². The molecule has 1 aromatic heterocycles. The summed E-state index contributed by atoms with van der Waals surface area (Å²) in [6, 6.07) is 7.44. The highest BCUT2D eigenvalue weighted by Crippen LogP contribution is 2.54. The van der Waals surface area contributed by atoms with E-state index in [0.29, 0.717) is 25.4 Å². The molecule has 0 aliphatic carbocycles. The number of nitrogens with zero attached hydrogens (tertiary/aromatic N) is 2. The van der Waals surface area contributed by atoms with Crippen molar-refractivity contribution < 1.29 is 18.6 Å². The van der Waals surface area contributed by atoms with Crippen molar-refractivity contribution in [1.29, 1.82) is 0 Å². The number of hydrogen-bond donors (Lipinski definition) is 1. The smallest absolute Gasteiger partial charge is 0.283 e. The zero-order valence-corrected chi connectivity index (χ0v) is 14.9. The molecule has 3 atom stereocenters. The number of ether oxygens (including phenoxy) is 3. The summed E-state index contributed by atoms with van der Waals surface area (Å²) in [6.45, 7) is 3.59. The zero-order chi connectivity index (χ0) is 18.6. The average Bonchev–Trinajstić information content (AvgIpc) is 3.04. The van der Waals surface area contributed by atoms with Gasteiger partial charge in [0.15, 0.2) is 0 Å². The molecule has 1 spiro atoms. The van der Waals surface area contributed by atoms with Crippen molar-refractivity contribution in [3.05, 3.63) is 48.0 Å². The van der Waals surface area contributed by atoms with Gasteiger partial charge in [-0.1, -0.05) is 6.07 Å². The minimum Gasteiger partial charge on any atom is -0.487 e. The number of pyridine rings is 1. The molecule has 0 bridgehead atoms. The molecule has 1 saturated heterocycles. The molecule has 3 aliphatic heterocycles.